The molecule has 0 fully saturated rings. The zero-order valence-corrected chi connectivity index (χ0v) is 15.0. The third-order valence-electron chi connectivity index (χ3n) is 2.15. The van der Waals surface area contributed by atoms with E-state index in [0.29, 0.717) is 22.0 Å². The average molecular weight is 442 g/mol. The van der Waals surface area contributed by atoms with Crippen molar-refractivity contribution in [2.45, 2.75) is 11.8 Å². The van der Waals surface area contributed by atoms with Crippen molar-refractivity contribution in [3.63, 3.8) is 0 Å². The Bertz CT molecular complexity index is 718. The summed E-state index contributed by atoms with van der Waals surface area (Å²) in [5.41, 5.74) is 0. The monoisotopic (exact) mass is 440 g/mol. The van der Waals surface area contributed by atoms with Gasteiger partial charge in [0.15, 0.2) is 5.13 Å². The first kappa shape index (κ1) is 15.7. The van der Waals surface area contributed by atoms with E-state index in [4.69, 9.17) is 0 Å². The molecule has 2 rings (SSSR count). The van der Waals surface area contributed by atoms with E-state index in [1.807, 2.05) is 6.92 Å². The van der Waals surface area contributed by atoms with E-state index < -0.39 is 10.0 Å². The van der Waals surface area contributed by atoms with E-state index in [1.165, 1.54) is 29.8 Å². The van der Waals surface area contributed by atoms with Gasteiger partial charge in [-0.25, -0.2) is 18.4 Å². The number of halogens is 2. The van der Waals surface area contributed by atoms with E-state index in [1.54, 1.807) is 0 Å². The normalized spacial score (nSPS) is 11.3. The largest absolute Gasteiger partial charge is 0.369 e. The van der Waals surface area contributed by atoms with Crippen molar-refractivity contribution in [1.82, 2.24) is 9.97 Å². The number of sulfonamides is 1. The first-order chi connectivity index (χ1) is 9.42. The summed E-state index contributed by atoms with van der Waals surface area (Å²) in [5.74, 6) is 0.304. The molecule has 20 heavy (non-hydrogen) atoms. The van der Waals surface area contributed by atoms with Crippen LogP contribution in [-0.2, 0) is 10.0 Å². The number of hydrogen-bond acceptors (Lipinski definition) is 6. The number of pyridine rings is 1. The quantitative estimate of drug-likeness (QED) is 0.743. The van der Waals surface area contributed by atoms with Gasteiger partial charge in [-0.15, -0.1) is 0 Å². The number of nitrogens with zero attached hydrogens (tertiary/aromatic N) is 2. The molecule has 6 nitrogen and oxygen atoms in total. The molecule has 0 unspecified atom stereocenters. The van der Waals surface area contributed by atoms with Crippen LogP contribution >= 0.6 is 43.2 Å². The molecule has 0 amide bonds. The van der Waals surface area contributed by atoms with Gasteiger partial charge in [-0.2, -0.15) is 0 Å². The second-order valence-corrected chi connectivity index (χ2v) is 8.58. The van der Waals surface area contributed by atoms with Gasteiger partial charge in [0.05, 0.1) is 9.98 Å². The molecule has 10 heteroatoms. The van der Waals surface area contributed by atoms with Crippen molar-refractivity contribution in [1.29, 1.82) is 0 Å². The van der Waals surface area contributed by atoms with Crippen molar-refractivity contribution in [3.8, 4) is 0 Å². The van der Waals surface area contributed by atoms with Crippen LogP contribution in [0.1, 0.15) is 6.92 Å². The van der Waals surface area contributed by atoms with Crippen molar-refractivity contribution >= 4 is 64.2 Å². The summed E-state index contributed by atoms with van der Waals surface area (Å²) in [6, 6.07) is 1.50. The van der Waals surface area contributed by atoms with Crippen molar-refractivity contribution in [2.75, 3.05) is 16.6 Å². The van der Waals surface area contributed by atoms with Gasteiger partial charge in [-0.05, 0) is 44.8 Å². The fourth-order valence-electron chi connectivity index (χ4n) is 1.40. The molecule has 0 aromatic carbocycles. The van der Waals surface area contributed by atoms with Crippen molar-refractivity contribution < 1.29 is 8.42 Å². The van der Waals surface area contributed by atoms with Crippen LogP contribution in [0.5, 0.6) is 0 Å². The van der Waals surface area contributed by atoms with Crippen LogP contribution in [0.15, 0.2) is 31.6 Å². The van der Waals surface area contributed by atoms with Crippen LogP contribution in [0, 0.1) is 0 Å². The van der Waals surface area contributed by atoms with E-state index in [0.717, 1.165) is 3.79 Å². The van der Waals surface area contributed by atoms with Gasteiger partial charge in [0.1, 0.15) is 10.7 Å². The molecule has 108 valence electrons. The fourth-order valence-corrected chi connectivity index (χ4v) is 4.39. The molecule has 2 aromatic rings. The second kappa shape index (κ2) is 6.37. The first-order valence-corrected chi connectivity index (χ1v) is 9.34. The summed E-state index contributed by atoms with van der Waals surface area (Å²) in [6.07, 6.45) is 3.07. The Hall–Kier alpha value is -0.710. The number of aromatic nitrogens is 2. The SMILES string of the molecule is CCNc1ncc(Br)cc1S(=O)(=O)Nc1ncc(Br)s1. The number of anilines is 2. The Morgan fingerprint density at radius 3 is 2.65 bits per heavy atom. The smallest absolute Gasteiger partial charge is 0.267 e. The van der Waals surface area contributed by atoms with Gasteiger partial charge in [-0.3, -0.25) is 4.72 Å². The van der Waals surface area contributed by atoms with Crippen LogP contribution in [0.3, 0.4) is 0 Å². The molecule has 0 saturated heterocycles. The molecule has 0 saturated carbocycles. The van der Waals surface area contributed by atoms with Crippen LogP contribution in [-0.4, -0.2) is 24.9 Å². The lowest BCUT2D eigenvalue weighted by Crippen LogP contribution is -2.16. The van der Waals surface area contributed by atoms with Crippen LogP contribution in [0.4, 0.5) is 10.9 Å². The molecule has 2 heterocycles. The number of hydrogen-bond donors (Lipinski definition) is 2. The summed E-state index contributed by atoms with van der Waals surface area (Å²) in [5, 5.41) is 3.21. The second-order valence-electron chi connectivity index (χ2n) is 3.61. The van der Waals surface area contributed by atoms with Crippen LogP contribution in [0.2, 0.25) is 0 Å². The average Bonchev–Trinajstić information content (AvgIpc) is 2.76. The molecular weight excluding hydrogens is 432 g/mol. The summed E-state index contributed by atoms with van der Waals surface area (Å²) in [4.78, 5) is 8.10. The zero-order chi connectivity index (χ0) is 14.8. The molecule has 0 atom stereocenters. The molecule has 0 radical (unpaired) electrons. The highest BCUT2D eigenvalue weighted by Crippen LogP contribution is 2.28. The molecule has 0 bridgehead atoms. The molecule has 0 spiro atoms. The Morgan fingerprint density at radius 1 is 1.30 bits per heavy atom. The maximum Gasteiger partial charge on any atom is 0.267 e. The third kappa shape index (κ3) is 3.68. The molecular formula is C10H10Br2N4O2S2. The van der Waals surface area contributed by atoms with Gasteiger partial charge in [0.25, 0.3) is 10.0 Å². The number of rotatable bonds is 5. The zero-order valence-electron chi connectivity index (χ0n) is 10.2. The predicted molar refractivity (Wildman–Crippen MR) is 86.7 cm³/mol. The fraction of sp³-hybridized carbons (Fsp3) is 0.200. The standard InChI is InChI=1S/C10H10Br2N4O2S2/c1-2-13-9-7(3-6(11)4-14-9)20(17,18)16-10-15-5-8(12)19-10/h3-5H,2H2,1H3,(H,13,14)(H,15,16). The van der Waals surface area contributed by atoms with Gasteiger partial charge >= 0.3 is 0 Å². The highest BCUT2D eigenvalue weighted by atomic mass is 79.9. The molecule has 2 aromatic heterocycles. The Labute approximate surface area is 137 Å². The molecule has 0 aliphatic rings. The molecule has 2 N–H and O–H groups in total. The van der Waals surface area contributed by atoms with E-state index >= 15 is 0 Å². The lowest BCUT2D eigenvalue weighted by molar-refractivity contribution is 0.601. The summed E-state index contributed by atoms with van der Waals surface area (Å²) < 4.78 is 28.6. The number of thiazole rings is 1. The van der Waals surface area contributed by atoms with Crippen molar-refractivity contribution in [2.24, 2.45) is 0 Å². The van der Waals surface area contributed by atoms with Gasteiger partial charge in [0, 0.05) is 17.2 Å². The van der Waals surface area contributed by atoms with Crippen LogP contribution in [0.25, 0.3) is 0 Å². The Kier molecular flexibility index (Phi) is 4.99. The summed E-state index contributed by atoms with van der Waals surface area (Å²) in [6.45, 7) is 2.44. The lowest BCUT2D eigenvalue weighted by atomic mass is 10.4. The maximum atomic E-state index is 12.4. The third-order valence-corrected chi connectivity index (χ3v) is 5.46. The van der Waals surface area contributed by atoms with Gasteiger partial charge < -0.3 is 5.32 Å². The Morgan fingerprint density at radius 2 is 2.05 bits per heavy atom. The van der Waals surface area contributed by atoms with E-state index in [2.05, 4.69) is 51.9 Å². The highest BCUT2D eigenvalue weighted by Gasteiger charge is 2.21. The van der Waals surface area contributed by atoms with E-state index in [-0.39, 0.29) is 4.90 Å². The summed E-state index contributed by atoms with van der Waals surface area (Å²) >= 11 is 7.66. The highest BCUT2D eigenvalue weighted by molar-refractivity contribution is 9.11. The molecule has 0 aliphatic carbocycles. The minimum atomic E-state index is -3.75. The van der Waals surface area contributed by atoms with E-state index in [9.17, 15) is 8.42 Å². The van der Waals surface area contributed by atoms with Crippen LogP contribution < -0.4 is 10.0 Å². The van der Waals surface area contributed by atoms with Gasteiger partial charge in [0.2, 0.25) is 0 Å². The summed E-state index contributed by atoms with van der Waals surface area (Å²) in [7, 11) is -3.75. The van der Waals surface area contributed by atoms with Crippen molar-refractivity contribution in [3.05, 3.63) is 26.7 Å². The predicted octanol–water partition coefficient (Wildman–Crippen LogP) is 3.30. The molecule has 0 aliphatic heterocycles. The minimum absolute atomic E-state index is 0.0695. The topological polar surface area (TPSA) is 84.0 Å². The Balaban J connectivity index is 2.40. The lowest BCUT2D eigenvalue weighted by Gasteiger charge is -2.11. The first-order valence-electron chi connectivity index (χ1n) is 5.46. The van der Waals surface area contributed by atoms with Gasteiger partial charge in [-0.1, -0.05) is 11.3 Å². The number of nitrogens with one attached hydrogen (secondary N) is 2. The maximum absolute atomic E-state index is 12.4. The minimum Gasteiger partial charge on any atom is -0.369 e.